The van der Waals surface area contributed by atoms with Crippen molar-refractivity contribution in [2.45, 2.75) is 33.2 Å². The molecule has 0 spiro atoms. The summed E-state index contributed by atoms with van der Waals surface area (Å²) in [5.74, 6) is -0.877. The average molecular weight is 496 g/mol. The fraction of sp³-hybridized carbons (Fsp3) is 0.280. The zero-order chi connectivity index (χ0) is 25.3. The van der Waals surface area contributed by atoms with Crippen LogP contribution in [-0.4, -0.2) is 44.4 Å². The fourth-order valence-corrected chi connectivity index (χ4v) is 4.53. The van der Waals surface area contributed by atoms with Gasteiger partial charge in [0.25, 0.3) is 5.56 Å². The van der Waals surface area contributed by atoms with Gasteiger partial charge in [0.2, 0.25) is 11.8 Å². The Hall–Kier alpha value is -3.85. The predicted octanol–water partition coefficient (Wildman–Crippen LogP) is 3.43. The highest BCUT2D eigenvalue weighted by molar-refractivity contribution is 6.30. The second-order valence-electron chi connectivity index (χ2n) is 8.17. The molecule has 0 fully saturated rings. The van der Waals surface area contributed by atoms with Crippen LogP contribution >= 0.6 is 11.6 Å². The van der Waals surface area contributed by atoms with E-state index in [0.29, 0.717) is 5.02 Å². The predicted molar refractivity (Wildman–Crippen MR) is 136 cm³/mol. The number of hydrogen-bond donors (Lipinski definition) is 2. The Morgan fingerprint density at radius 2 is 1.86 bits per heavy atom. The van der Waals surface area contributed by atoms with E-state index in [1.54, 1.807) is 18.2 Å². The van der Waals surface area contributed by atoms with Crippen molar-refractivity contribution >= 4 is 28.9 Å². The third-order valence-electron chi connectivity index (χ3n) is 6.08. The van der Waals surface area contributed by atoms with Gasteiger partial charge in [-0.1, -0.05) is 29.8 Å². The van der Waals surface area contributed by atoms with Crippen molar-refractivity contribution in [3.63, 3.8) is 0 Å². The van der Waals surface area contributed by atoms with Gasteiger partial charge >= 0.3 is 5.69 Å². The van der Waals surface area contributed by atoms with Gasteiger partial charge in [-0.05, 0) is 49.7 Å². The minimum Gasteiger partial charge on any atom is -0.493 e. The summed E-state index contributed by atoms with van der Waals surface area (Å²) in [5, 5.41) is 17.0. The lowest BCUT2D eigenvalue weighted by molar-refractivity contribution is -0.130. The Morgan fingerprint density at radius 1 is 1.17 bits per heavy atom. The monoisotopic (exact) mass is 495 g/mol. The van der Waals surface area contributed by atoms with Crippen LogP contribution in [0.25, 0.3) is 5.69 Å². The van der Waals surface area contributed by atoms with Crippen molar-refractivity contribution in [3.8, 4) is 11.6 Å². The molecule has 1 amide bonds. The van der Waals surface area contributed by atoms with Gasteiger partial charge in [-0.2, -0.15) is 5.10 Å². The summed E-state index contributed by atoms with van der Waals surface area (Å²) < 4.78 is 0.954. The number of amides is 1. The molecule has 9 nitrogen and oxygen atoms in total. The summed E-state index contributed by atoms with van der Waals surface area (Å²) >= 11 is 6.05. The number of rotatable bonds is 6. The van der Waals surface area contributed by atoms with Crippen molar-refractivity contribution in [1.29, 1.82) is 0 Å². The first-order valence-corrected chi connectivity index (χ1v) is 11.7. The van der Waals surface area contributed by atoms with Gasteiger partial charge in [-0.25, -0.2) is 14.4 Å². The van der Waals surface area contributed by atoms with Crippen LogP contribution in [0.3, 0.4) is 0 Å². The third kappa shape index (κ3) is 4.59. The highest BCUT2D eigenvalue weighted by Crippen LogP contribution is 2.34. The van der Waals surface area contributed by atoms with Crippen molar-refractivity contribution in [2.75, 3.05) is 18.0 Å². The average Bonchev–Trinajstić information content (AvgIpc) is 3.25. The standard InChI is InChI=1S/C25H26ClN5O4/c1-4-29(5-2)18-11-9-16(10-12-18)21-14-20(28-31(21)15(3)32)22-23(33)27-25(35)30(24(22)34)19-8-6-7-17(26)13-19/h6-13,21,34H,4-5,14H2,1-3H3,(H,27,33,35)/t21-/m0/s1. The maximum Gasteiger partial charge on any atom is 0.335 e. The second kappa shape index (κ2) is 9.79. The summed E-state index contributed by atoms with van der Waals surface area (Å²) in [7, 11) is 0. The van der Waals surface area contributed by atoms with Crippen LogP contribution in [0, 0.1) is 0 Å². The Morgan fingerprint density at radius 3 is 2.46 bits per heavy atom. The topological polar surface area (TPSA) is 111 Å². The molecule has 0 saturated heterocycles. The number of hydrogen-bond acceptors (Lipinski definition) is 6. The zero-order valence-corrected chi connectivity index (χ0v) is 20.4. The van der Waals surface area contributed by atoms with Crippen LogP contribution in [0.15, 0.2) is 63.2 Å². The number of aromatic amines is 1. The quantitative estimate of drug-likeness (QED) is 0.544. The SMILES string of the molecule is CCN(CC)c1ccc([C@@H]2CC(c3c(O)n(-c4cccc(Cl)c4)c(=O)[nH]c3=O)=NN2C(C)=O)cc1. The summed E-state index contributed by atoms with van der Waals surface area (Å²) in [6.07, 6.45) is 0.189. The fourth-order valence-electron chi connectivity index (χ4n) is 4.35. The Labute approximate surface area is 206 Å². The first-order valence-electron chi connectivity index (χ1n) is 11.3. The molecule has 2 aromatic carbocycles. The molecular formula is C25H26ClN5O4. The lowest BCUT2D eigenvalue weighted by atomic mass is 9.98. The molecule has 0 radical (unpaired) electrons. The normalized spacial score (nSPS) is 15.3. The van der Waals surface area contributed by atoms with Gasteiger partial charge in [0.05, 0.1) is 17.4 Å². The number of H-pyrrole nitrogens is 1. The van der Waals surface area contributed by atoms with E-state index in [9.17, 15) is 19.5 Å². The molecule has 182 valence electrons. The summed E-state index contributed by atoms with van der Waals surface area (Å²) in [6.45, 7) is 7.30. The van der Waals surface area contributed by atoms with E-state index < -0.39 is 23.2 Å². The maximum atomic E-state index is 12.8. The highest BCUT2D eigenvalue weighted by Gasteiger charge is 2.34. The van der Waals surface area contributed by atoms with Crippen LogP contribution < -0.4 is 16.1 Å². The molecule has 35 heavy (non-hydrogen) atoms. The van der Waals surface area contributed by atoms with Gasteiger partial charge in [0, 0.05) is 37.1 Å². The number of aromatic nitrogens is 2. The first kappa shape index (κ1) is 24.3. The van der Waals surface area contributed by atoms with E-state index in [1.807, 2.05) is 24.3 Å². The molecular weight excluding hydrogens is 470 g/mol. The van der Waals surface area contributed by atoms with Crippen LogP contribution in [0.2, 0.25) is 5.02 Å². The van der Waals surface area contributed by atoms with E-state index in [0.717, 1.165) is 28.9 Å². The molecule has 3 aromatic rings. The van der Waals surface area contributed by atoms with Gasteiger partial charge in [0.1, 0.15) is 5.56 Å². The molecule has 0 saturated carbocycles. The number of halogens is 1. The number of anilines is 1. The van der Waals surface area contributed by atoms with Crippen LogP contribution in [-0.2, 0) is 4.79 Å². The van der Waals surface area contributed by atoms with Gasteiger partial charge < -0.3 is 10.0 Å². The molecule has 1 aliphatic heterocycles. The number of benzene rings is 2. The van der Waals surface area contributed by atoms with Gasteiger partial charge in [-0.15, -0.1) is 0 Å². The van der Waals surface area contributed by atoms with Crippen LogP contribution in [0.5, 0.6) is 5.88 Å². The van der Waals surface area contributed by atoms with Crippen molar-refractivity contribution in [3.05, 3.63) is 85.5 Å². The molecule has 1 aromatic heterocycles. The lowest BCUT2D eigenvalue weighted by Crippen LogP contribution is -2.33. The van der Waals surface area contributed by atoms with E-state index in [-0.39, 0.29) is 29.3 Å². The van der Waals surface area contributed by atoms with Crippen molar-refractivity contribution in [2.24, 2.45) is 5.10 Å². The van der Waals surface area contributed by atoms with Crippen LogP contribution in [0.1, 0.15) is 44.4 Å². The Kier molecular flexibility index (Phi) is 6.79. The Balaban J connectivity index is 1.76. The van der Waals surface area contributed by atoms with Gasteiger partial charge in [-0.3, -0.25) is 14.6 Å². The third-order valence-corrected chi connectivity index (χ3v) is 6.32. The largest absolute Gasteiger partial charge is 0.493 e. The molecule has 2 N–H and O–H groups in total. The van der Waals surface area contributed by atoms with Crippen LogP contribution in [0.4, 0.5) is 5.69 Å². The number of nitrogens with zero attached hydrogens (tertiary/aromatic N) is 4. The zero-order valence-electron chi connectivity index (χ0n) is 19.7. The molecule has 2 heterocycles. The maximum absolute atomic E-state index is 12.8. The molecule has 1 aliphatic rings. The van der Waals surface area contributed by atoms with Crippen molar-refractivity contribution < 1.29 is 9.90 Å². The smallest absolute Gasteiger partial charge is 0.335 e. The minimum atomic E-state index is -0.816. The van der Waals surface area contributed by atoms with E-state index >= 15 is 0 Å². The van der Waals surface area contributed by atoms with E-state index in [4.69, 9.17) is 11.6 Å². The number of nitrogens with one attached hydrogen (secondary N) is 1. The number of hydrazone groups is 1. The molecule has 1 atom stereocenters. The molecule has 0 unspecified atom stereocenters. The minimum absolute atomic E-state index is 0.168. The summed E-state index contributed by atoms with van der Waals surface area (Å²) in [6, 6.07) is 13.7. The molecule has 4 rings (SSSR count). The van der Waals surface area contributed by atoms with Gasteiger partial charge in [0.15, 0.2) is 0 Å². The van der Waals surface area contributed by atoms with E-state index in [1.165, 1.54) is 18.0 Å². The van der Waals surface area contributed by atoms with Crippen molar-refractivity contribution in [1.82, 2.24) is 14.6 Å². The number of carbonyl (C=O) groups is 1. The van der Waals surface area contributed by atoms with E-state index in [2.05, 4.69) is 28.8 Å². The summed E-state index contributed by atoms with van der Waals surface area (Å²) in [5.41, 5.74) is 0.618. The highest BCUT2D eigenvalue weighted by atomic mass is 35.5. The molecule has 10 heteroatoms. The number of carbonyl (C=O) groups excluding carboxylic acids is 1. The first-order chi connectivity index (χ1) is 16.7. The summed E-state index contributed by atoms with van der Waals surface area (Å²) in [4.78, 5) is 42.1. The number of aromatic hydroxyl groups is 1. The lowest BCUT2D eigenvalue weighted by Gasteiger charge is -2.23. The molecule has 0 bridgehead atoms. The molecule has 0 aliphatic carbocycles. The second-order valence-corrected chi connectivity index (χ2v) is 8.60. The Bertz CT molecular complexity index is 1410.